The standard InChI is InChI=1S/C15H24N2O2/c1-3-14(12-18-2)19-15-6-4-13(5-7-15)17-10-8-16-9-11-17/h4-7,14,16H,3,8-12H2,1-2H3. The average molecular weight is 264 g/mol. The third-order valence-electron chi connectivity index (χ3n) is 3.43. The van der Waals surface area contributed by atoms with Crippen molar-refractivity contribution in [1.82, 2.24) is 5.32 Å². The van der Waals surface area contributed by atoms with E-state index in [0.29, 0.717) is 6.61 Å². The zero-order chi connectivity index (χ0) is 13.5. The SMILES string of the molecule is CCC(COC)Oc1ccc(N2CCNCC2)cc1. The number of ether oxygens (including phenoxy) is 2. The second-order valence-corrected chi connectivity index (χ2v) is 4.83. The van der Waals surface area contributed by atoms with Gasteiger partial charge in [-0.25, -0.2) is 0 Å². The van der Waals surface area contributed by atoms with Gasteiger partial charge in [-0.15, -0.1) is 0 Å². The largest absolute Gasteiger partial charge is 0.488 e. The van der Waals surface area contributed by atoms with Crippen LogP contribution in [0.1, 0.15) is 13.3 Å². The van der Waals surface area contributed by atoms with E-state index < -0.39 is 0 Å². The Morgan fingerprint density at radius 1 is 1.21 bits per heavy atom. The van der Waals surface area contributed by atoms with Crippen LogP contribution in [0.15, 0.2) is 24.3 Å². The Bertz CT molecular complexity index is 361. The molecule has 0 bridgehead atoms. The van der Waals surface area contributed by atoms with E-state index in [1.54, 1.807) is 7.11 Å². The van der Waals surface area contributed by atoms with Gasteiger partial charge in [-0.3, -0.25) is 0 Å². The first kappa shape index (κ1) is 14.2. The lowest BCUT2D eigenvalue weighted by Crippen LogP contribution is -2.43. The molecule has 1 aromatic carbocycles. The maximum absolute atomic E-state index is 5.89. The van der Waals surface area contributed by atoms with E-state index in [1.807, 2.05) is 0 Å². The molecule has 1 aliphatic heterocycles. The molecule has 2 rings (SSSR count). The Balaban J connectivity index is 1.93. The monoisotopic (exact) mass is 264 g/mol. The minimum atomic E-state index is 0.134. The van der Waals surface area contributed by atoms with Gasteiger partial charge in [0.1, 0.15) is 11.9 Å². The molecule has 0 amide bonds. The van der Waals surface area contributed by atoms with Crippen LogP contribution in [0.3, 0.4) is 0 Å². The molecule has 106 valence electrons. The number of nitrogens with one attached hydrogen (secondary N) is 1. The van der Waals surface area contributed by atoms with Crippen molar-refractivity contribution in [3.63, 3.8) is 0 Å². The number of methoxy groups -OCH3 is 1. The Morgan fingerprint density at radius 2 is 1.89 bits per heavy atom. The maximum atomic E-state index is 5.89. The van der Waals surface area contributed by atoms with Crippen molar-refractivity contribution in [3.05, 3.63) is 24.3 Å². The summed E-state index contributed by atoms with van der Waals surface area (Å²) in [4.78, 5) is 2.40. The van der Waals surface area contributed by atoms with Gasteiger partial charge in [0.15, 0.2) is 0 Å². The van der Waals surface area contributed by atoms with Crippen LogP contribution in [0, 0.1) is 0 Å². The van der Waals surface area contributed by atoms with Gasteiger partial charge in [-0.2, -0.15) is 0 Å². The van der Waals surface area contributed by atoms with Crippen LogP contribution < -0.4 is 15.0 Å². The minimum Gasteiger partial charge on any atom is -0.488 e. The van der Waals surface area contributed by atoms with E-state index >= 15 is 0 Å². The van der Waals surface area contributed by atoms with Gasteiger partial charge < -0.3 is 19.7 Å². The number of benzene rings is 1. The molecule has 1 aromatic rings. The van der Waals surface area contributed by atoms with Crippen LogP contribution in [-0.4, -0.2) is 46.0 Å². The van der Waals surface area contributed by atoms with Crippen LogP contribution in [0.2, 0.25) is 0 Å². The average Bonchev–Trinajstić information content (AvgIpc) is 2.48. The molecule has 19 heavy (non-hydrogen) atoms. The zero-order valence-electron chi connectivity index (χ0n) is 11.9. The van der Waals surface area contributed by atoms with E-state index in [9.17, 15) is 0 Å². The molecule has 1 atom stereocenters. The predicted molar refractivity (Wildman–Crippen MR) is 78.1 cm³/mol. The third-order valence-corrected chi connectivity index (χ3v) is 3.43. The van der Waals surface area contributed by atoms with E-state index in [2.05, 4.69) is 41.4 Å². The number of nitrogens with zero attached hydrogens (tertiary/aromatic N) is 1. The molecule has 4 nitrogen and oxygen atoms in total. The molecular weight excluding hydrogens is 240 g/mol. The summed E-state index contributed by atoms with van der Waals surface area (Å²) in [6, 6.07) is 8.38. The molecule has 1 heterocycles. The van der Waals surface area contributed by atoms with E-state index in [-0.39, 0.29) is 6.10 Å². The van der Waals surface area contributed by atoms with Crippen LogP contribution >= 0.6 is 0 Å². The highest BCUT2D eigenvalue weighted by Crippen LogP contribution is 2.21. The minimum absolute atomic E-state index is 0.134. The third kappa shape index (κ3) is 4.11. The molecule has 0 spiro atoms. The van der Waals surface area contributed by atoms with Crippen molar-refractivity contribution in [3.8, 4) is 5.75 Å². The summed E-state index contributed by atoms with van der Waals surface area (Å²) < 4.78 is 11.0. The highest BCUT2D eigenvalue weighted by Gasteiger charge is 2.11. The summed E-state index contributed by atoms with van der Waals surface area (Å²) in [7, 11) is 1.71. The molecule has 0 radical (unpaired) electrons. The summed E-state index contributed by atoms with van der Waals surface area (Å²) in [6.45, 7) is 7.01. The molecule has 0 aliphatic carbocycles. The number of anilines is 1. The van der Waals surface area contributed by atoms with Gasteiger partial charge in [0.05, 0.1) is 6.61 Å². The summed E-state index contributed by atoms with van der Waals surface area (Å²) in [5.41, 5.74) is 1.27. The maximum Gasteiger partial charge on any atom is 0.122 e. The highest BCUT2D eigenvalue weighted by molar-refractivity contribution is 5.49. The van der Waals surface area contributed by atoms with Crippen LogP contribution in [0.4, 0.5) is 5.69 Å². The normalized spacial score (nSPS) is 17.3. The lowest BCUT2D eigenvalue weighted by Gasteiger charge is -2.29. The fourth-order valence-corrected chi connectivity index (χ4v) is 2.27. The van der Waals surface area contributed by atoms with Crippen LogP contribution in [0.25, 0.3) is 0 Å². The van der Waals surface area contributed by atoms with E-state index in [0.717, 1.165) is 38.3 Å². The van der Waals surface area contributed by atoms with Gasteiger partial charge in [0, 0.05) is 39.0 Å². The van der Waals surface area contributed by atoms with E-state index in [4.69, 9.17) is 9.47 Å². The van der Waals surface area contributed by atoms with Crippen molar-refractivity contribution < 1.29 is 9.47 Å². The number of hydrogen-bond donors (Lipinski definition) is 1. The highest BCUT2D eigenvalue weighted by atomic mass is 16.5. The summed E-state index contributed by atoms with van der Waals surface area (Å²) >= 11 is 0. The van der Waals surface area contributed by atoms with Crippen molar-refractivity contribution in [2.45, 2.75) is 19.4 Å². The molecule has 1 aliphatic rings. The lowest BCUT2D eigenvalue weighted by molar-refractivity contribution is 0.0788. The molecule has 1 fully saturated rings. The Labute approximate surface area is 115 Å². The molecule has 0 saturated carbocycles. The lowest BCUT2D eigenvalue weighted by atomic mass is 10.2. The first-order valence-corrected chi connectivity index (χ1v) is 7.04. The van der Waals surface area contributed by atoms with Crippen LogP contribution in [-0.2, 0) is 4.74 Å². The van der Waals surface area contributed by atoms with Crippen molar-refractivity contribution in [2.24, 2.45) is 0 Å². The summed E-state index contributed by atoms with van der Waals surface area (Å²) in [6.07, 6.45) is 1.09. The zero-order valence-corrected chi connectivity index (χ0v) is 11.9. The number of rotatable bonds is 6. The molecule has 0 aromatic heterocycles. The van der Waals surface area contributed by atoms with Gasteiger partial charge in [0.25, 0.3) is 0 Å². The van der Waals surface area contributed by atoms with Crippen molar-refractivity contribution in [2.75, 3.05) is 44.8 Å². The molecular formula is C15H24N2O2. The summed E-state index contributed by atoms with van der Waals surface area (Å²) in [5.74, 6) is 0.919. The van der Waals surface area contributed by atoms with Gasteiger partial charge >= 0.3 is 0 Å². The Kier molecular flexibility index (Phi) is 5.48. The number of piperazine rings is 1. The first-order valence-electron chi connectivity index (χ1n) is 7.04. The molecule has 4 heteroatoms. The number of hydrogen-bond acceptors (Lipinski definition) is 4. The second kappa shape index (κ2) is 7.36. The van der Waals surface area contributed by atoms with Gasteiger partial charge in [-0.05, 0) is 30.7 Å². The Hall–Kier alpha value is -1.26. The molecule has 1 N–H and O–H groups in total. The van der Waals surface area contributed by atoms with Crippen molar-refractivity contribution in [1.29, 1.82) is 0 Å². The smallest absolute Gasteiger partial charge is 0.122 e. The van der Waals surface area contributed by atoms with Gasteiger partial charge in [0.2, 0.25) is 0 Å². The van der Waals surface area contributed by atoms with Gasteiger partial charge in [-0.1, -0.05) is 6.92 Å². The Morgan fingerprint density at radius 3 is 2.47 bits per heavy atom. The topological polar surface area (TPSA) is 33.7 Å². The molecule has 1 unspecified atom stereocenters. The van der Waals surface area contributed by atoms with Crippen LogP contribution in [0.5, 0.6) is 5.75 Å². The predicted octanol–water partition coefficient (Wildman–Crippen LogP) is 1.90. The van der Waals surface area contributed by atoms with E-state index in [1.165, 1.54) is 5.69 Å². The summed E-state index contributed by atoms with van der Waals surface area (Å²) in [5, 5.41) is 3.36. The quantitative estimate of drug-likeness (QED) is 0.851. The van der Waals surface area contributed by atoms with Crippen molar-refractivity contribution >= 4 is 5.69 Å². The second-order valence-electron chi connectivity index (χ2n) is 4.83. The fraction of sp³-hybridized carbons (Fsp3) is 0.600. The molecule has 1 saturated heterocycles. The first-order chi connectivity index (χ1) is 9.33. The fourth-order valence-electron chi connectivity index (χ4n) is 2.27.